The van der Waals surface area contributed by atoms with Crippen LogP contribution in [0.2, 0.25) is 0 Å². The van der Waals surface area contributed by atoms with Gasteiger partial charge in [0, 0.05) is 22.9 Å². The van der Waals surface area contributed by atoms with Crippen molar-refractivity contribution in [2.75, 3.05) is 6.26 Å². The third kappa shape index (κ3) is 3.48. The van der Waals surface area contributed by atoms with E-state index in [-0.39, 0.29) is 11.4 Å². The van der Waals surface area contributed by atoms with Gasteiger partial charge in [-0.25, -0.2) is 12.8 Å². The maximum Gasteiger partial charge on any atom is 0.323 e. The van der Waals surface area contributed by atoms with Gasteiger partial charge in [0.25, 0.3) is 0 Å². The van der Waals surface area contributed by atoms with E-state index in [0.717, 1.165) is 23.1 Å². The summed E-state index contributed by atoms with van der Waals surface area (Å²) in [5.41, 5.74) is 3.10. The van der Waals surface area contributed by atoms with Crippen molar-refractivity contribution < 1.29 is 22.7 Å². The fourth-order valence-electron chi connectivity index (χ4n) is 3.14. The van der Waals surface area contributed by atoms with Crippen molar-refractivity contribution in [1.29, 1.82) is 0 Å². The molecule has 3 rings (SSSR count). The lowest BCUT2D eigenvalue weighted by Crippen LogP contribution is -2.10. The Labute approximate surface area is 150 Å². The number of aromatic nitrogens is 1. The predicted molar refractivity (Wildman–Crippen MR) is 96.6 cm³/mol. The number of carboxylic acid groups (broad SMARTS) is 1. The molecule has 0 aliphatic carbocycles. The lowest BCUT2D eigenvalue weighted by atomic mass is 10.0. The number of hydrogen-bond donors (Lipinski definition) is 1. The molecule has 3 aromatic rings. The molecule has 0 spiro atoms. The predicted octanol–water partition coefficient (Wildman–Crippen LogP) is 3.17. The third-order valence-corrected chi connectivity index (χ3v) is 5.57. The molecule has 0 bridgehead atoms. The van der Waals surface area contributed by atoms with E-state index in [9.17, 15) is 17.6 Å². The smallest absolute Gasteiger partial charge is 0.323 e. The van der Waals surface area contributed by atoms with Crippen molar-refractivity contribution in [1.82, 2.24) is 4.57 Å². The van der Waals surface area contributed by atoms with Gasteiger partial charge in [-0.2, -0.15) is 0 Å². The van der Waals surface area contributed by atoms with Crippen LogP contribution in [0.4, 0.5) is 4.39 Å². The fourth-order valence-corrected chi connectivity index (χ4v) is 3.78. The second-order valence-corrected chi connectivity index (χ2v) is 8.31. The lowest BCUT2D eigenvalue weighted by molar-refractivity contribution is -0.137. The number of halogens is 1. The first-order valence-corrected chi connectivity index (χ1v) is 9.84. The molecule has 0 saturated heterocycles. The van der Waals surface area contributed by atoms with Gasteiger partial charge in [-0.1, -0.05) is 12.1 Å². The van der Waals surface area contributed by atoms with Crippen LogP contribution < -0.4 is 0 Å². The molecule has 0 aliphatic heterocycles. The number of hydrogen-bond acceptors (Lipinski definition) is 3. The van der Waals surface area contributed by atoms with Gasteiger partial charge in [-0.05, 0) is 54.8 Å². The van der Waals surface area contributed by atoms with Gasteiger partial charge >= 0.3 is 5.97 Å². The molecule has 0 aliphatic rings. The Bertz CT molecular complexity index is 1100. The molecule has 7 heteroatoms. The van der Waals surface area contributed by atoms with E-state index in [4.69, 9.17) is 5.11 Å². The summed E-state index contributed by atoms with van der Waals surface area (Å²) in [5.74, 6) is -1.36. The highest BCUT2D eigenvalue weighted by atomic mass is 32.2. The fraction of sp³-hybridized carbons (Fsp3) is 0.211. The highest BCUT2D eigenvalue weighted by molar-refractivity contribution is 7.90. The van der Waals surface area contributed by atoms with Gasteiger partial charge in [-0.15, -0.1) is 0 Å². The van der Waals surface area contributed by atoms with E-state index >= 15 is 0 Å². The number of sulfone groups is 1. The molecular weight excluding hydrogens is 357 g/mol. The largest absolute Gasteiger partial charge is 0.480 e. The minimum absolute atomic E-state index is 0.207. The van der Waals surface area contributed by atoms with E-state index in [0.29, 0.717) is 17.3 Å². The monoisotopic (exact) mass is 375 g/mol. The van der Waals surface area contributed by atoms with Gasteiger partial charge in [0.1, 0.15) is 12.4 Å². The average Bonchev–Trinajstić information content (AvgIpc) is 2.79. The Morgan fingerprint density at radius 1 is 1.15 bits per heavy atom. The van der Waals surface area contributed by atoms with Crippen LogP contribution in [0.5, 0.6) is 0 Å². The highest BCUT2D eigenvalue weighted by Crippen LogP contribution is 2.29. The summed E-state index contributed by atoms with van der Waals surface area (Å²) in [6.45, 7) is 1.60. The molecule has 0 amide bonds. The van der Waals surface area contributed by atoms with Crippen LogP contribution in [-0.2, 0) is 27.6 Å². The summed E-state index contributed by atoms with van der Waals surface area (Å²) in [7, 11) is -3.27. The lowest BCUT2D eigenvalue weighted by Gasteiger charge is -2.06. The van der Waals surface area contributed by atoms with Crippen molar-refractivity contribution in [3.05, 3.63) is 65.1 Å². The van der Waals surface area contributed by atoms with Crippen molar-refractivity contribution in [2.45, 2.75) is 24.8 Å². The minimum Gasteiger partial charge on any atom is -0.480 e. The molecule has 1 aromatic heterocycles. The van der Waals surface area contributed by atoms with Gasteiger partial charge < -0.3 is 9.67 Å². The van der Waals surface area contributed by atoms with Crippen LogP contribution in [0.1, 0.15) is 16.8 Å². The minimum atomic E-state index is -3.27. The zero-order chi connectivity index (χ0) is 19.1. The Balaban J connectivity index is 2.08. The van der Waals surface area contributed by atoms with Gasteiger partial charge in [0.2, 0.25) is 0 Å². The summed E-state index contributed by atoms with van der Waals surface area (Å²) in [6.07, 6.45) is 1.59. The first kappa shape index (κ1) is 18.1. The second-order valence-electron chi connectivity index (χ2n) is 6.30. The number of rotatable bonds is 5. The van der Waals surface area contributed by atoms with Crippen LogP contribution in [0.25, 0.3) is 10.9 Å². The number of carboxylic acids is 1. The van der Waals surface area contributed by atoms with Crippen molar-refractivity contribution in [3.63, 3.8) is 0 Å². The molecule has 0 radical (unpaired) electrons. The van der Waals surface area contributed by atoms with Crippen LogP contribution >= 0.6 is 0 Å². The molecule has 26 heavy (non-hydrogen) atoms. The average molecular weight is 375 g/mol. The topological polar surface area (TPSA) is 76.4 Å². The molecule has 0 saturated carbocycles. The Morgan fingerprint density at radius 3 is 2.38 bits per heavy atom. The first-order valence-electron chi connectivity index (χ1n) is 7.95. The summed E-state index contributed by atoms with van der Waals surface area (Å²) in [5, 5.41) is 9.82. The molecule has 136 valence electrons. The summed E-state index contributed by atoms with van der Waals surface area (Å²) in [4.78, 5) is 11.4. The number of nitrogens with zero attached hydrogens (tertiary/aromatic N) is 1. The summed E-state index contributed by atoms with van der Waals surface area (Å²) >= 11 is 0. The van der Waals surface area contributed by atoms with E-state index in [1.54, 1.807) is 29.7 Å². The number of fused-ring (bicyclic) bond motifs is 1. The van der Waals surface area contributed by atoms with E-state index < -0.39 is 21.6 Å². The normalized spacial score (nSPS) is 11.8. The molecule has 0 unspecified atom stereocenters. The Morgan fingerprint density at radius 2 is 1.81 bits per heavy atom. The van der Waals surface area contributed by atoms with Crippen LogP contribution in [-0.4, -0.2) is 30.3 Å². The van der Waals surface area contributed by atoms with E-state index in [1.807, 2.05) is 0 Å². The van der Waals surface area contributed by atoms with Crippen molar-refractivity contribution in [2.24, 2.45) is 0 Å². The van der Waals surface area contributed by atoms with Gasteiger partial charge in [-0.3, -0.25) is 4.79 Å². The van der Waals surface area contributed by atoms with Gasteiger partial charge in [0.15, 0.2) is 9.84 Å². The molecule has 0 fully saturated rings. The number of carbonyl (C=O) groups is 1. The maximum absolute atomic E-state index is 13.8. The van der Waals surface area contributed by atoms with Crippen LogP contribution in [0.15, 0.2) is 47.4 Å². The van der Waals surface area contributed by atoms with Crippen molar-refractivity contribution in [3.8, 4) is 0 Å². The molecule has 1 heterocycles. The van der Waals surface area contributed by atoms with Gasteiger partial charge in [0.05, 0.1) is 4.90 Å². The van der Waals surface area contributed by atoms with E-state index in [1.165, 1.54) is 24.3 Å². The molecule has 0 atom stereocenters. The molecular formula is C19H18FNO4S. The summed E-state index contributed by atoms with van der Waals surface area (Å²) in [6, 6.07) is 10.8. The van der Waals surface area contributed by atoms with Crippen LogP contribution in [0.3, 0.4) is 0 Å². The zero-order valence-electron chi connectivity index (χ0n) is 14.4. The Kier molecular flexibility index (Phi) is 4.58. The maximum atomic E-state index is 13.8. The Hall–Kier alpha value is -2.67. The quantitative estimate of drug-likeness (QED) is 0.743. The highest BCUT2D eigenvalue weighted by Gasteiger charge is 2.17. The zero-order valence-corrected chi connectivity index (χ0v) is 15.2. The van der Waals surface area contributed by atoms with Crippen molar-refractivity contribution >= 4 is 26.7 Å². The van der Waals surface area contributed by atoms with Crippen LogP contribution in [0, 0.1) is 12.7 Å². The molecule has 5 nitrogen and oxygen atoms in total. The number of aliphatic carboxylic acids is 1. The SMILES string of the molecule is Cc1c(Cc2ccc(S(C)(=O)=O)cc2)c2cc(F)ccc2n1CC(=O)O. The molecule has 2 aromatic carbocycles. The van der Waals surface area contributed by atoms with E-state index in [2.05, 4.69) is 0 Å². The summed E-state index contributed by atoms with van der Waals surface area (Å²) < 4.78 is 38.5. The number of benzene rings is 2. The standard InChI is InChI=1S/C19H18FNO4S/c1-12-16(9-13-3-6-15(7-4-13)26(2,24)25)17-10-14(20)5-8-18(17)21(12)11-19(22)23/h3-8,10H,9,11H2,1-2H3,(H,22,23). The third-order valence-electron chi connectivity index (χ3n) is 4.44. The second kappa shape index (κ2) is 6.57. The molecule has 1 N–H and O–H groups in total. The first-order chi connectivity index (χ1) is 12.2.